The monoisotopic (exact) mass is 1000 g/mol. The van der Waals surface area contributed by atoms with E-state index in [2.05, 4.69) is 312 Å². The quantitative estimate of drug-likeness (QED) is 0.143. The molecule has 0 atom stereocenters. The largest absolute Gasteiger partial charge is 0.309 e. The Labute approximate surface area is 459 Å². The smallest absolute Gasteiger partial charge is 0.0541 e. The summed E-state index contributed by atoms with van der Waals surface area (Å²) in [6, 6.07) is 85.1. The lowest BCUT2D eigenvalue weighted by Crippen LogP contribution is -2.10. The molecule has 0 aliphatic carbocycles. The fraction of sp³-hybridized carbons (Fsp3) is 0.211. The van der Waals surface area contributed by atoms with E-state index in [9.17, 15) is 0 Å². The van der Waals surface area contributed by atoms with Gasteiger partial charge in [0.05, 0.1) is 16.7 Å². The van der Waals surface area contributed by atoms with Crippen molar-refractivity contribution >= 4 is 21.8 Å². The van der Waals surface area contributed by atoms with Crippen LogP contribution >= 0.6 is 0 Å². The molecule has 11 rings (SSSR count). The highest BCUT2D eigenvalue weighted by atomic mass is 15.0. The molecule has 10 aromatic carbocycles. The lowest BCUT2D eigenvalue weighted by molar-refractivity contribution is 0.590. The highest BCUT2D eigenvalue weighted by Crippen LogP contribution is 2.43. The van der Waals surface area contributed by atoms with Gasteiger partial charge in [0.1, 0.15) is 0 Å². The molecule has 1 aromatic heterocycles. The SMILES string of the molecule is CC(C)(C)c1ccc(-c2cc(-c3ccc(C(C)(C)C)cc3)cc(-c3ccc4c(c3)c3cc(-c5cc(-c6ccc(C(C)(C)C)cc6)cc(-c6ccc(C(C)(C)C)cc6)c5)ccc3n4-c3ccccc3-c3ccccc3)c2)cc1. The van der Waals surface area contributed by atoms with Gasteiger partial charge in [-0.05, 0) is 183 Å². The van der Waals surface area contributed by atoms with Gasteiger partial charge in [-0.25, -0.2) is 0 Å². The maximum atomic E-state index is 2.49. The van der Waals surface area contributed by atoms with Gasteiger partial charge in [-0.2, -0.15) is 0 Å². The molecule has 0 N–H and O–H groups in total. The molecule has 0 aliphatic heterocycles. The fourth-order valence-electron chi connectivity index (χ4n) is 11.1. The van der Waals surface area contributed by atoms with E-state index in [1.807, 2.05) is 0 Å². The zero-order valence-corrected chi connectivity index (χ0v) is 47.3. The molecule has 0 amide bonds. The highest BCUT2D eigenvalue weighted by molar-refractivity contribution is 6.12. The summed E-state index contributed by atoms with van der Waals surface area (Å²) in [5.74, 6) is 0. The van der Waals surface area contributed by atoms with Crippen LogP contribution in [-0.4, -0.2) is 4.57 Å². The summed E-state index contributed by atoms with van der Waals surface area (Å²) < 4.78 is 2.49. The van der Waals surface area contributed by atoms with Crippen LogP contribution in [0, 0.1) is 0 Å². The Morgan fingerprint density at radius 3 is 0.805 bits per heavy atom. The number of hydrogen-bond donors (Lipinski definition) is 0. The van der Waals surface area contributed by atoms with Crippen molar-refractivity contribution in [3.05, 3.63) is 247 Å². The van der Waals surface area contributed by atoms with Crippen molar-refractivity contribution in [2.45, 2.75) is 105 Å². The summed E-state index contributed by atoms with van der Waals surface area (Å²) in [6.45, 7) is 27.4. The van der Waals surface area contributed by atoms with Gasteiger partial charge < -0.3 is 4.57 Å². The van der Waals surface area contributed by atoms with Crippen LogP contribution in [0.3, 0.4) is 0 Å². The van der Waals surface area contributed by atoms with Gasteiger partial charge in [-0.15, -0.1) is 0 Å². The van der Waals surface area contributed by atoms with Gasteiger partial charge >= 0.3 is 0 Å². The highest BCUT2D eigenvalue weighted by Gasteiger charge is 2.21. The summed E-state index contributed by atoms with van der Waals surface area (Å²) in [5, 5.41) is 2.43. The Morgan fingerprint density at radius 1 is 0.221 bits per heavy atom. The molecule has 0 saturated heterocycles. The van der Waals surface area contributed by atoms with Gasteiger partial charge in [-0.1, -0.05) is 241 Å². The fourth-order valence-corrected chi connectivity index (χ4v) is 11.1. The first kappa shape index (κ1) is 51.1. The van der Waals surface area contributed by atoms with E-state index in [-0.39, 0.29) is 21.7 Å². The lowest BCUT2D eigenvalue weighted by atomic mass is 9.85. The molecule has 0 bridgehead atoms. The molecule has 11 aromatic rings. The van der Waals surface area contributed by atoms with E-state index in [1.54, 1.807) is 0 Å². The van der Waals surface area contributed by atoms with Gasteiger partial charge in [-0.3, -0.25) is 0 Å². The van der Waals surface area contributed by atoms with E-state index in [1.165, 1.54) is 122 Å². The third-order valence-electron chi connectivity index (χ3n) is 15.9. The zero-order valence-electron chi connectivity index (χ0n) is 47.3. The second-order valence-electron chi connectivity index (χ2n) is 25.6. The Bertz CT molecular complexity index is 3560. The number of para-hydroxylation sites is 1. The molecule has 0 unspecified atom stereocenters. The maximum absolute atomic E-state index is 2.49. The molecule has 1 nitrogen and oxygen atoms in total. The van der Waals surface area contributed by atoms with Crippen molar-refractivity contribution in [2.24, 2.45) is 0 Å². The van der Waals surface area contributed by atoms with Crippen LogP contribution in [0.25, 0.3) is 105 Å². The second kappa shape index (κ2) is 19.5. The van der Waals surface area contributed by atoms with Crippen molar-refractivity contribution < 1.29 is 0 Å². The molecular weight excluding hydrogens is 927 g/mol. The van der Waals surface area contributed by atoms with Gasteiger partial charge in [0, 0.05) is 16.3 Å². The Kier molecular flexibility index (Phi) is 13.0. The summed E-state index contributed by atoms with van der Waals surface area (Å²) in [4.78, 5) is 0. The van der Waals surface area contributed by atoms with Crippen LogP contribution < -0.4 is 0 Å². The van der Waals surface area contributed by atoms with Crippen molar-refractivity contribution in [3.8, 4) is 83.6 Å². The van der Waals surface area contributed by atoms with E-state index in [0.29, 0.717) is 0 Å². The van der Waals surface area contributed by atoms with Crippen LogP contribution in [0.1, 0.15) is 105 Å². The minimum absolute atomic E-state index is 0.0677. The van der Waals surface area contributed by atoms with Gasteiger partial charge in [0.15, 0.2) is 0 Å². The van der Waals surface area contributed by atoms with Crippen molar-refractivity contribution in [3.63, 3.8) is 0 Å². The molecule has 0 radical (unpaired) electrons. The van der Waals surface area contributed by atoms with E-state index in [4.69, 9.17) is 0 Å². The average Bonchev–Trinajstić information content (AvgIpc) is 3.83. The van der Waals surface area contributed by atoms with E-state index >= 15 is 0 Å². The third-order valence-corrected chi connectivity index (χ3v) is 15.9. The Balaban J connectivity index is 1.13. The number of benzene rings is 10. The van der Waals surface area contributed by atoms with Crippen LogP contribution in [0.4, 0.5) is 0 Å². The van der Waals surface area contributed by atoms with Crippen LogP contribution in [0.2, 0.25) is 0 Å². The summed E-state index contributed by atoms with van der Waals surface area (Å²) in [5.41, 5.74) is 25.9. The first-order valence-corrected chi connectivity index (χ1v) is 27.6. The number of nitrogens with zero attached hydrogens (tertiary/aromatic N) is 1. The summed E-state index contributed by atoms with van der Waals surface area (Å²) in [6.07, 6.45) is 0. The second-order valence-corrected chi connectivity index (χ2v) is 25.6. The lowest BCUT2D eigenvalue weighted by Gasteiger charge is -2.20. The molecule has 0 fully saturated rings. The molecule has 1 heteroatoms. The maximum Gasteiger partial charge on any atom is 0.0541 e. The predicted octanol–water partition coefficient (Wildman–Crippen LogP) is 21.6. The average molecular weight is 1000 g/mol. The van der Waals surface area contributed by atoms with Gasteiger partial charge in [0.2, 0.25) is 0 Å². The Hall–Kier alpha value is -8.00. The predicted molar refractivity (Wildman–Crippen MR) is 334 cm³/mol. The number of rotatable bonds is 8. The topological polar surface area (TPSA) is 4.93 Å². The molecular formula is C76H73N. The molecule has 0 spiro atoms. The minimum Gasteiger partial charge on any atom is -0.309 e. The normalized spacial score (nSPS) is 12.4. The van der Waals surface area contributed by atoms with Crippen molar-refractivity contribution in [1.82, 2.24) is 4.57 Å². The Morgan fingerprint density at radius 2 is 0.494 bits per heavy atom. The molecule has 382 valence electrons. The summed E-state index contributed by atoms with van der Waals surface area (Å²) in [7, 11) is 0. The first-order chi connectivity index (χ1) is 36.7. The molecule has 0 saturated carbocycles. The number of fused-ring (bicyclic) bond motifs is 3. The number of aromatic nitrogens is 1. The first-order valence-electron chi connectivity index (χ1n) is 27.6. The number of hydrogen-bond acceptors (Lipinski definition) is 0. The standard InChI is InChI=1S/C76H73N/c1-73(2,3)63-32-22-50(23-33-63)57-42-58(51-24-34-64(35-25-51)74(4,5)6)45-61(44-57)55-30-40-71-68(48-55)69-49-56(31-41-72(69)77(71)70-21-17-16-20-67(70)54-18-14-13-15-19-54)62-46-59(52-26-36-65(37-27-52)75(7,8)9)43-60(47-62)53-28-38-66(39-29-53)76(10,11)12/h13-49H,1-12H3. The van der Waals surface area contributed by atoms with Crippen LogP contribution in [0.15, 0.2) is 224 Å². The minimum atomic E-state index is 0.0677. The molecule has 1 heterocycles. The van der Waals surface area contributed by atoms with Crippen molar-refractivity contribution in [2.75, 3.05) is 0 Å². The van der Waals surface area contributed by atoms with E-state index < -0.39 is 0 Å². The molecule has 0 aliphatic rings. The third kappa shape index (κ3) is 10.4. The van der Waals surface area contributed by atoms with Crippen LogP contribution in [0.5, 0.6) is 0 Å². The van der Waals surface area contributed by atoms with Crippen molar-refractivity contribution in [1.29, 1.82) is 0 Å². The molecule has 77 heavy (non-hydrogen) atoms. The van der Waals surface area contributed by atoms with Crippen LogP contribution in [-0.2, 0) is 21.7 Å². The zero-order chi connectivity index (χ0) is 54.0. The van der Waals surface area contributed by atoms with E-state index in [0.717, 1.165) is 5.69 Å². The summed E-state index contributed by atoms with van der Waals surface area (Å²) >= 11 is 0. The van der Waals surface area contributed by atoms with Gasteiger partial charge in [0.25, 0.3) is 0 Å².